The first-order valence-corrected chi connectivity index (χ1v) is 9.42. The minimum Gasteiger partial charge on any atom is -0.497 e. The summed E-state index contributed by atoms with van der Waals surface area (Å²) in [5.74, 6) is 0.777. The van der Waals surface area contributed by atoms with Crippen LogP contribution >= 0.6 is 0 Å². The number of carbonyl (C=O) groups is 1. The van der Waals surface area contributed by atoms with E-state index in [2.05, 4.69) is 55.3 Å². The van der Waals surface area contributed by atoms with Crippen molar-refractivity contribution in [2.24, 2.45) is 0 Å². The number of nitrogens with zero attached hydrogens (tertiary/aromatic N) is 2. The van der Waals surface area contributed by atoms with Crippen LogP contribution < -0.4 is 15.0 Å². The number of nitrogens with one attached hydrogen (secondary N) is 1. The molecule has 1 aliphatic heterocycles. The standard InChI is InChI=1S/C22H29N3O2/c1-22(2,3)17-5-9-19(10-6-17)24-13-15-25(16-14-24)21(26)23-18-7-11-20(27-4)12-8-18/h5-12H,13-16H2,1-4H3,(H,23,26). The van der Waals surface area contributed by atoms with Crippen LogP contribution in [0.15, 0.2) is 48.5 Å². The van der Waals surface area contributed by atoms with Crippen LogP contribution in [0.25, 0.3) is 0 Å². The van der Waals surface area contributed by atoms with Crippen molar-refractivity contribution in [3.8, 4) is 5.75 Å². The summed E-state index contributed by atoms with van der Waals surface area (Å²) in [6, 6.07) is 16.1. The molecule has 1 aliphatic rings. The zero-order valence-corrected chi connectivity index (χ0v) is 16.7. The number of ether oxygens (including phenoxy) is 1. The third kappa shape index (κ3) is 4.73. The van der Waals surface area contributed by atoms with Crippen LogP contribution in [0.5, 0.6) is 5.75 Å². The van der Waals surface area contributed by atoms with Gasteiger partial charge in [0.05, 0.1) is 7.11 Å². The van der Waals surface area contributed by atoms with Crippen molar-refractivity contribution < 1.29 is 9.53 Å². The molecule has 0 saturated carbocycles. The molecule has 27 heavy (non-hydrogen) atoms. The van der Waals surface area contributed by atoms with Gasteiger partial charge in [0.2, 0.25) is 0 Å². The summed E-state index contributed by atoms with van der Waals surface area (Å²) in [4.78, 5) is 16.7. The Hall–Kier alpha value is -2.69. The molecule has 0 aliphatic carbocycles. The first-order chi connectivity index (χ1) is 12.9. The summed E-state index contributed by atoms with van der Waals surface area (Å²) >= 11 is 0. The Kier molecular flexibility index (Phi) is 5.59. The second-order valence-corrected chi connectivity index (χ2v) is 7.93. The molecule has 3 rings (SSSR count). The molecular weight excluding hydrogens is 338 g/mol. The van der Waals surface area contributed by atoms with Crippen LogP contribution in [-0.2, 0) is 5.41 Å². The maximum absolute atomic E-state index is 12.5. The van der Waals surface area contributed by atoms with Gasteiger partial charge < -0.3 is 19.9 Å². The van der Waals surface area contributed by atoms with E-state index in [1.54, 1.807) is 7.11 Å². The molecular formula is C22H29N3O2. The van der Waals surface area contributed by atoms with E-state index in [1.165, 1.54) is 11.3 Å². The van der Waals surface area contributed by atoms with Gasteiger partial charge in [-0.25, -0.2) is 4.79 Å². The number of anilines is 2. The lowest BCUT2D eigenvalue weighted by Crippen LogP contribution is -2.50. The fourth-order valence-electron chi connectivity index (χ4n) is 3.22. The summed E-state index contributed by atoms with van der Waals surface area (Å²) in [5, 5.41) is 2.95. The average Bonchev–Trinajstić information content (AvgIpc) is 2.68. The number of hydrogen-bond donors (Lipinski definition) is 1. The minimum atomic E-state index is -0.0529. The van der Waals surface area contributed by atoms with E-state index in [0.717, 1.165) is 24.5 Å². The molecule has 144 valence electrons. The smallest absolute Gasteiger partial charge is 0.321 e. The summed E-state index contributed by atoms with van der Waals surface area (Å²) in [6.07, 6.45) is 0. The van der Waals surface area contributed by atoms with E-state index in [4.69, 9.17) is 4.74 Å². The molecule has 1 fully saturated rings. The highest BCUT2D eigenvalue weighted by atomic mass is 16.5. The van der Waals surface area contributed by atoms with E-state index in [-0.39, 0.29) is 11.4 Å². The molecule has 5 nitrogen and oxygen atoms in total. The second kappa shape index (κ2) is 7.91. The van der Waals surface area contributed by atoms with Gasteiger partial charge in [-0.05, 0) is 47.4 Å². The van der Waals surface area contributed by atoms with Crippen molar-refractivity contribution in [3.63, 3.8) is 0 Å². The molecule has 0 aromatic heterocycles. The maximum atomic E-state index is 12.5. The monoisotopic (exact) mass is 367 g/mol. The average molecular weight is 367 g/mol. The van der Waals surface area contributed by atoms with Gasteiger partial charge in [-0.15, -0.1) is 0 Å². The Bertz CT molecular complexity index is 756. The van der Waals surface area contributed by atoms with Gasteiger partial charge in [-0.2, -0.15) is 0 Å². The van der Waals surface area contributed by atoms with Crippen LogP contribution in [0.1, 0.15) is 26.3 Å². The van der Waals surface area contributed by atoms with E-state index >= 15 is 0 Å². The Balaban J connectivity index is 1.54. The molecule has 0 radical (unpaired) electrons. The molecule has 0 unspecified atom stereocenters. The van der Waals surface area contributed by atoms with Crippen LogP contribution in [0.4, 0.5) is 16.2 Å². The largest absolute Gasteiger partial charge is 0.497 e. The number of benzene rings is 2. The molecule has 0 spiro atoms. The molecule has 1 saturated heterocycles. The number of amides is 2. The third-order valence-corrected chi connectivity index (χ3v) is 5.01. The maximum Gasteiger partial charge on any atom is 0.321 e. The normalized spacial score (nSPS) is 14.8. The summed E-state index contributed by atoms with van der Waals surface area (Å²) in [6.45, 7) is 9.77. The van der Waals surface area contributed by atoms with Crippen molar-refractivity contribution in [2.75, 3.05) is 43.5 Å². The number of carbonyl (C=O) groups excluding carboxylic acids is 1. The quantitative estimate of drug-likeness (QED) is 0.877. The molecule has 2 amide bonds. The summed E-state index contributed by atoms with van der Waals surface area (Å²) in [7, 11) is 1.63. The van der Waals surface area contributed by atoms with Crippen LogP contribution in [0, 0.1) is 0 Å². The predicted octanol–water partition coefficient (Wildman–Crippen LogP) is 4.35. The van der Waals surface area contributed by atoms with Crippen LogP contribution in [0.2, 0.25) is 0 Å². The Labute approximate surface area is 161 Å². The molecule has 5 heteroatoms. The van der Waals surface area contributed by atoms with Crippen molar-refractivity contribution in [3.05, 3.63) is 54.1 Å². The van der Waals surface area contributed by atoms with Gasteiger partial charge in [0.25, 0.3) is 0 Å². The highest BCUT2D eigenvalue weighted by molar-refractivity contribution is 5.89. The van der Waals surface area contributed by atoms with E-state index in [1.807, 2.05) is 29.2 Å². The zero-order valence-electron chi connectivity index (χ0n) is 16.7. The van der Waals surface area contributed by atoms with E-state index < -0.39 is 0 Å². The summed E-state index contributed by atoms with van der Waals surface area (Å²) < 4.78 is 5.14. The van der Waals surface area contributed by atoms with E-state index in [9.17, 15) is 4.79 Å². The highest BCUT2D eigenvalue weighted by Gasteiger charge is 2.22. The Morgan fingerprint density at radius 3 is 2.04 bits per heavy atom. The second-order valence-electron chi connectivity index (χ2n) is 7.93. The molecule has 0 bridgehead atoms. The zero-order chi connectivity index (χ0) is 19.4. The lowest BCUT2D eigenvalue weighted by atomic mass is 9.87. The first-order valence-electron chi connectivity index (χ1n) is 9.42. The summed E-state index contributed by atoms with van der Waals surface area (Å²) in [5.41, 5.74) is 3.50. The molecule has 2 aromatic carbocycles. The van der Waals surface area contributed by atoms with Gasteiger partial charge in [0, 0.05) is 37.6 Å². The number of urea groups is 1. The predicted molar refractivity (Wildman–Crippen MR) is 111 cm³/mol. The van der Waals surface area contributed by atoms with Gasteiger partial charge >= 0.3 is 6.03 Å². The van der Waals surface area contributed by atoms with Gasteiger partial charge in [0.15, 0.2) is 0 Å². The number of rotatable bonds is 3. The van der Waals surface area contributed by atoms with Crippen molar-refractivity contribution >= 4 is 17.4 Å². The topological polar surface area (TPSA) is 44.8 Å². The molecule has 1 heterocycles. The van der Waals surface area contributed by atoms with Gasteiger partial charge in [-0.1, -0.05) is 32.9 Å². The highest BCUT2D eigenvalue weighted by Crippen LogP contribution is 2.25. The van der Waals surface area contributed by atoms with Crippen molar-refractivity contribution in [1.29, 1.82) is 0 Å². The lowest BCUT2D eigenvalue weighted by molar-refractivity contribution is 0.208. The Morgan fingerprint density at radius 1 is 0.926 bits per heavy atom. The number of methoxy groups -OCH3 is 1. The van der Waals surface area contributed by atoms with Crippen molar-refractivity contribution in [1.82, 2.24) is 4.90 Å². The van der Waals surface area contributed by atoms with Gasteiger partial charge in [0.1, 0.15) is 5.75 Å². The number of hydrogen-bond acceptors (Lipinski definition) is 3. The Morgan fingerprint density at radius 2 is 1.52 bits per heavy atom. The fourth-order valence-corrected chi connectivity index (χ4v) is 3.22. The van der Waals surface area contributed by atoms with Crippen LogP contribution in [-0.4, -0.2) is 44.2 Å². The molecule has 2 aromatic rings. The van der Waals surface area contributed by atoms with Crippen molar-refractivity contribution in [2.45, 2.75) is 26.2 Å². The fraction of sp³-hybridized carbons (Fsp3) is 0.409. The first kappa shape index (κ1) is 19.1. The number of piperazine rings is 1. The van der Waals surface area contributed by atoms with E-state index in [0.29, 0.717) is 13.1 Å². The van der Waals surface area contributed by atoms with Gasteiger partial charge in [-0.3, -0.25) is 0 Å². The lowest BCUT2D eigenvalue weighted by Gasteiger charge is -2.36. The SMILES string of the molecule is COc1ccc(NC(=O)N2CCN(c3ccc(C(C)(C)C)cc3)CC2)cc1. The third-order valence-electron chi connectivity index (χ3n) is 5.01. The molecule has 0 atom stereocenters. The van der Waals surface area contributed by atoms with Crippen LogP contribution in [0.3, 0.4) is 0 Å². The molecule has 1 N–H and O–H groups in total. The minimum absolute atomic E-state index is 0.0529.